The lowest BCUT2D eigenvalue weighted by atomic mass is 9.63. The van der Waals surface area contributed by atoms with Gasteiger partial charge in [-0.3, -0.25) is 24.1 Å². The molecule has 0 aromatic heterocycles. The Balaban J connectivity index is 1.21. The van der Waals surface area contributed by atoms with Gasteiger partial charge in [-0.25, -0.2) is 0 Å². The van der Waals surface area contributed by atoms with Gasteiger partial charge in [0.15, 0.2) is 5.78 Å². The van der Waals surface area contributed by atoms with E-state index in [-0.39, 0.29) is 47.7 Å². The number of amides is 3. The van der Waals surface area contributed by atoms with E-state index in [1.165, 1.54) is 4.90 Å². The van der Waals surface area contributed by atoms with E-state index in [0.29, 0.717) is 16.8 Å². The quantitative estimate of drug-likeness (QED) is 0.318. The molecule has 5 atom stereocenters. The Kier molecular flexibility index (Phi) is 5.18. The molecular formula is C32H26N2O4. The number of allylic oxidation sites excluding steroid dienone is 2. The molecule has 1 saturated carbocycles. The van der Waals surface area contributed by atoms with Gasteiger partial charge in [0.25, 0.3) is 0 Å². The van der Waals surface area contributed by atoms with Crippen LogP contribution in [0.3, 0.4) is 0 Å². The van der Waals surface area contributed by atoms with Crippen LogP contribution >= 0.6 is 0 Å². The Morgan fingerprint density at radius 1 is 0.763 bits per heavy atom. The molecule has 0 unspecified atom stereocenters. The van der Waals surface area contributed by atoms with E-state index >= 15 is 0 Å². The highest BCUT2D eigenvalue weighted by molar-refractivity contribution is 6.22. The normalized spacial score (nSPS) is 25.3. The molecular weight excluding hydrogens is 476 g/mol. The molecule has 2 fully saturated rings. The number of nitrogens with one attached hydrogen (secondary N) is 1. The molecule has 38 heavy (non-hydrogen) atoms. The van der Waals surface area contributed by atoms with Crippen molar-refractivity contribution in [3.05, 3.63) is 102 Å². The highest BCUT2D eigenvalue weighted by Gasteiger charge is 2.58. The number of rotatable bonds is 5. The fourth-order valence-corrected chi connectivity index (χ4v) is 6.87. The maximum atomic E-state index is 13.8. The van der Waals surface area contributed by atoms with Crippen LogP contribution in [0.1, 0.15) is 34.3 Å². The van der Waals surface area contributed by atoms with Crippen molar-refractivity contribution in [1.82, 2.24) is 4.90 Å². The molecule has 1 aliphatic heterocycles. The summed E-state index contributed by atoms with van der Waals surface area (Å²) in [4.78, 5) is 55.4. The summed E-state index contributed by atoms with van der Waals surface area (Å²) in [5, 5.41) is 2.92. The minimum atomic E-state index is -0.983. The van der Waals surface area contributed by atoms with Crippen molar-refractivity contribution in [1.29, 1.82) is 0 Å². The van der Waals surface area contributed by atoms with Crippen molar-refractivity contribution in [2.45, 2.75) is 25.3 Å². The van der Waals surface area contributed by atoms with Gasteiger partial charge in [0, 0.05) is 23.2 Å². The lowest BCUT2D eigenvalue weighted by Gasteiger charge is -2.38. The molecule has 3 aromatic carbocycles. The number of nitrogens with zero attached hydrogens (tertiary/aromatic N) is 1. The molecule has 8 rings (SSSR count). The van der Waals surface area contributed by atoms with E-state index in [9.17, 15) is 19.2 Å². The van der Waals surface area contributed by atoms with Crippen LogP contribution in [0.15, 0.2) is 84.9 Å². The summed E-state index contributed by atoms with van der Waals surface area (Å²) in [5.74, 6) is -1.65. The molecule has 1 saturated heterocycles. The van der Waals surface area contributed by atoms with Gasteiger partial charge in [0.05, 0.1) is 11.8 Å². The first-order valence-corrected chi connectivity index (χ1v) is 13.2. The molecule has 0 spiro atoms. The zero-order chi connectivity index (χ0) is 26.0. The summed E-state index contributed by atoms with van der Waals surface area (Å²) >= 11 is 0. The monoisotopic (exact) mass is 502 g/mol. The van der Waals surface area contributed by atoms with E-state index in [2.05, 4.69) is 17.5 Å². The third-order valence-electron chi connectivity index (χ3n) is 8.67. The number of benzene rings is 3. The maximum absolute atomic E-state index is 13.8. The number of ketones is 1. The van der Waals surface area contributed by atoms with Crippen LogP contribution in [-0.4, -0.2) is 34.4 Å². The largest absolute Gasteiger partial charge is 0.324 e. The van der Waals surface area contributed by atoms with Crippen LogP contribution in [0.4, 0.5) is 5.69 Å². The van der Waals surface area contributed by atoms with Gasteiger partial charge in [-0.1, -0.05) is 72.8 Å². The molecule has 6 heteroatoms. The fourth-order valence-electron chi connectivity index (χ4n) is 6.87. The molecule has 1 heterocycles. The summed E-state index contributed by atoms with van der Waals surface area (Å²) in [6.45, 7) is 0. The van der Waals surface area contributed by atoms with Crippen molar-refractivity contribution in [3.63, 3.8) is 0 Å². The van der Waals surface area contributed by atoms with Crippen molar-refractivity contribution in [3.8, 4) is 11.1 Å². The lowest BCUT2D eigenvalue weighted by molar-refractivity contribution is -0.146. The Hall–Kier alpha value is -4.32. The lowest BCUT2D eigenvalue weighted by Crippen LogP contribution is -2.49. The van der Waals surface area contributed by atoms with Gasteiger partial charge in [0.1, 0.15) is 6.04 Å². The van der Waals surface area contributed by atoms with E-state index in [1.54, 1.807) is 18.2 Å². The summed E-state index contributed by atoms with van der Waals surface area (Å²) in [5.41, 5.74) is 4.22. The predicted molar refractivity (Wildman–Crippen MR) is 142 cm³/mol. The molecule has 188 valence electrons. The van der Waals surface area contributed by atoms with Crippen LogP contribution in [-0.2, 0) is 20.8 Å². The maximum Gasteiger partial charge on any atom is 0.248 e. The molecule has 4 aliphatic carbocycles. The fraction of sp³-hybridized carbons (Fsp3) is 0.250. The van der Waals surface area contributed by atoms with Gasteiger partial charge < -0.3 is 5.32 Å². The van der Waals surface area contributed by atoms with Crippen LogP contribution in [0.25, 0.3) is 11.1 Å². The number of carbonyl (C=O) groups is 4. The second kappa shape index (κ2) is 8.62. The zero-order valence-corrected chi connectivity index (χ0v) is 20.7. The first kappa shape index (κ1) is 22.8. The van der Waals surface area contributed by atoms with Gasteiger partial charge in [-0.2, -0.15) is 0 Å². The van der Waals surface area contributed by atoms with Crippen molar-refractivity contribution in [2.24, 2.45) is 23.7 Å². The van der Waals surface area contributed by atoms with Gasteiger partial charge >= 0.3 is 0 Å². The van der Waals surface area contributed by atoms with Gasteiger partial charge in [-0.15, -0.1) is 0 Å². The summed E-state index contributed by atoms with van der Waals surface area (Å²) in [6, 6.07) is 21.2. The van der Waals surface area contributed by atoms with E-state index in [4.69, 9.17) is 0 Å². The van der Waals surface area contributed by atoms with E-state index in [1.807, 2.05) is 54.6 Å². The molecule has 3 amide bonds. The summed E-state index contributed by atoms with van der Waals surface area (Å²) in [7, 11) is 0. The third-order valence-corrected chi connectivity index (χ3v) is 8.67. The van der Waals surface area contributed by atoms with Gasteiger partial charge in [-0.05, 0) is 53.5 Å². The molecule has 5 aliphatic rings. The second-order valence-electron chi connectivity index (χ2n) is 10.7. The van der Waals surface area contributed by atoms with Crippen molar-refractivity contribution >= 4 is 29.2 Å². The minimum Gasteiger partial charge on any atom is -0.324 e. The number of fused-ring (bicyclic) bond motifs is 4. The van der Waals surface area contributed by atoms with Crippen LogP contribution in [0, 0.1) is 23.7 Å². The Bertz CT molecular complexity index is 1510. The van der Waals surface area contributed by atoms with E-state index < -0.39 is 11.9 Å². The average Bonchev–Trinajstić information content (AvgIpc) is 3.40. The molecule has 0 radical (unpaired) electrons. The summed E-state index contributed by atoms with van der Waals surface area (Å²) in [6.07, 6.45) is 6.18. The Morgan fingerprint density at radius 2 is 1.37 bits per heavy atom. The Labute approximate surface area is 220 Å². The molecule has 1 N–H and O–H groups in total. The number of imide groups is 1. The third kappa shape index (κ3) is 3.40. The standard InChI is InChI=1S/C32H26N2O4/c35-29-24-9-5-4-8-22(24)23-15-14-21(17-25(23)29)33-30(36)26(16-18-6-2-1-3-7-18)34-31(37)27-19-10-11-20(13-12-19)28(27)32(34)38/h1-11,14-15,17,19-20,26-28H,12-13,16H2,(H,33,36)/t19-,20-,26+,27-,28+/m0/s1. The summed E-state index contributed by atoms with van der Waals surface area (Å²) < 4.78 is 0. The predicted octanol–water partition coefficient (Wildman–Crippen LogP) is 4.65. The number of hydrogen-bond acceptors (Lipinski definition) is 4. The van der Waals surface area contributed by atoms with Crippen molar-refractivity contribution in [2.75, 3.05) is 5.32 Å². The number of likely N-dealkylation sites (tertiary alicyclic amines) is 1. The second-order valence-corrected chi connectivity index (χ2v) is 10.7. The topological polar surface area (TPSA) is 83.6 Å². The van der Waals surface area contributed by atoms with Crippen LogP contribution in [0.2, 0.25) is 0 Å². The van der Waals surface area contributed by atoms with E-state index in [0.717, 1.165) is 29.5 Å². The first-order valence-electron chi connectivity index (χ1n) is 13.2. The molecule has 6 nitrogen and oxygen atoms in total. The van der Waals surface area contributed by atoms with Gasteiger partial charge in [0.2, 0.25) is 17.7 Å². The first-order chi connectivity index (χ1) is 18.5. The van der Waals surface area contributed by atoms with Crippen LogP contribution in [0.5, 0.6) is 0 Å². The average molecular weight is 503 g/mol. The van der Waals surface area contributed by atoms with Crippen molar-refractivity contribution < 1.29 is 19.2 Å². The number of anilines is 1. The minimum absolute atomic E-state index is 0.0521. The van der Waals surface area contributed by atoms with Crippen LogP contribution < -0.4 is 5.32 Å². The molecule has 2 bridgehead atoms. The highest BCUT2D eigenvalue weighted by atomic mass is 16.2. The smallest absolute Gasteiger partial charge is 0.248 e. The molecule has 3 aromatic rings. The zero-order valence-electron chi connectivity index (χ0n) is 20.7. The number of carbonyl (C=O) groups excluding carboxylic acids is 4. The Morgan fingerprint density at radius 3 is 2.03 bits per heavy atom. The number of hydrogen-bond donors (Lipinski definition) is 1. The highest BCUT2D eigenvalue weighted by Crippen LogP contribution is 2.50. The SMILES string of the molecule is O=C1c2ccccc2-c2ccc(NC(=O)[C@@H](Cc3ccccc3)N3C(=O)[C@@H]4[C@H](C3=O)[C@H]3C=C[C@H]4CC3)cc21.